The lowest BCUT2D eigenvalue weighted by Crippen LogP contribution is -2.06. The number of para-hydroxylation sites is 1. The van der Waals surface area contributed by atoms with Crippen molar-refractivity contribution in [3.63, 3.8) is 0 Å². The summed E-state index contributed by atoms with van der Waals surface area (Å²) in [6.07, 6.45) is 0. The standard InChI is InChI=1S/C16H13BrN2O2/c1-10-18-14-8-4-6-12(16(20)21)15(14)19(10)9-11-5-2-3-7-13(11)17/h2-8H,9H2,1H3,(H,20,21). The molecular weight excluding hydrogens is 332 g/mol. The van der Waals surface area contributed by atoms with Gasteiger partial charge >= 0.3 is 5.97 Å². The van der Waals surface area contributed by atoms with E-state index in [4.69, 9.17) is 0 Å². The smallest absolute Gasteiger partial charge is 0.337 e. The summed E-state index contributed by atoms with van der Waals surface area (Å²) in [4.78, 5) is 15.9. The van der Waals surface area contributed by atoms with Crippen LogP contribution in [-0.4, -0.2) is 20.6 Å². The molecule has 3 aromatic rings. The van der Waals surface area contributed by atoms with Crippen LogP contribution in [0.3, 0.4) is 0 Å². The number of benzene rings is 2. The van der Waals surface area contributed by atoms with Gasteiger partial charge in [-0.15, -0.1) is 0 Å². The maximum Gasteiger partial charge on any atom is 0.337 e. The van der Waals surface area contributed by atoms with Crippen molar-refractivity contribution in [1.82, 2.24) is 9.55 Å². The van der Waals surface area contributed by atoms with Gasteiger partial charge in [0.05, 0.1) is 23.1 Å². The number of rotatable bonds is 3. The Morgan fingerprint density at radius 1 is 1.24 bits per heavy atom. The number of carboxylic acid groups (broad SMARTS) is 1. The summed E-state index contributed by atoms with van der Waals surface area (Å²) in [6.45, 7) is 2.47. The van der Waals surface area contributed by atoms with Gasteiger partial charge in [-0.25, -0.2) is 9.78 Å². The molecule has 0 saturated carbocycles. The van der Waals surface area contributed by atoms with Gasteiger partial charge in [0, 0.05) is 4.47 Å². The second-order valence-electron chi connectivity index (χ2n) is 4.82. The third kappa shape index (κ3) is 2.45. The molecule has 0 atom stereocenters. The SMILES string of the molecule is Cc1nc2cccc(C(=O)O)c2n1Cc1ccccc1Br. The number of nitrogens with zero attached hydrogens (tertiary/aromatic N) is 2. The molecule has 2 aromatic carbocycles. The lowest BCUT2D eigenvalue weighted by molar-refractivity contribution is 0.0698. The molecule has 106 valence electrons. The van der Waals surface area contributed by atoms with E-state index in [2.05, 4.69) is 20.9 Å². The Bertz CT molecular complexity index is 839. The van der Waals surface area contributed by atoms with Gasteiger partial charge in [-0.3, -0.25) is 0 Å². The number of aromatic nitrogens is 2. The quantitative estimate of drug-likeness (QED) is 0.784. The van der Waals surface area contributed by atoms with Crippen LogP contribution in [0.25, 0.3) is 11.0 Å². The van der Waals surface area contributed by atoms with E-state index in [1.807, 2.05) is 41.8 Å². The zero-order chi connectivity index (χ0) is 15.0. The van der Waals surface area contributed by atoms with Crippen molar-refractivity contribution >= 4 is 32.9 Å². The highest BCUT2D eigenvalue weighted by Gasteiger charge is 2.16. The fourth-order valence-electron chi connectivity index (χ4n) is 2.46. The minimum Gasteiger partial charge on any atom is -0.478 e. The zero-order valence-electron chi connectivity index (χ0n) is 11.4. The second kappa shape index (κ2) is 5.33. The maximum atomic E-state index is 11.4. The van der Waals surface area contributed by atoms with E-state index in [0.29, 0.717) is 17.6 Å². The van der Waals surface area contributed by atoms with Crippen LogP contribution >= 0.6 is 15.9 Å². The summed E-state index contributed by atoms with van der Waals surface area (Å²) in [7, 11) is 0. The van der Waals surface area contributed by atoms with Crippen molar-refractivity contribution in [3.05, 3.63) is 63.9 Å². The number of halogens is 1. The number of imidazole rings is 1. The monoisotopic (exact) mass is 344 g/mol. The maximum absolute atomic E-state index is 11.4. The molecule has 0 aliphatic heterocycles. The molecule has 1 aromatic heterocycles. The van der Waals surface area contributed by atoms with E-state index in [1.54, 1.807) is 12.1 Å². The summed E-state index contributed by atoms with van der Waals surface area (Å²) < 4.78 is 2.94. The molecule has 0 fully saturated rings. The van der Waals surface area contributed by atoms with Crippen LogP contribution in [0.4, 0.5) is 0 Å². The molecule has 1 N–H and O–H groups in total. The predicted octanol–water partition coefficient (Wildman–Crippen LogP) is 3.85. The molecule has 21 heavy (non-hydrogen) atoms. The Morgan fingerprint density at radius 3 is 2.71 bits per heavy atom. The second-order valence-corrected chi connectivity index (χ2v) is 5.67. The lowest BCUT2D eigenvalue weighted by atomic mass is 10.1. The first kappa shape index (κ1) is 13.8. The third-order valence-electron chi connectivity index (χ3n) is 3.47. The van der Waals surface area contributed by atoms with Gasteiger partial charge < -0.3 is 9.67 Å². The van der Waals surface area contributed by atoms with E-state index in [1.165, 1.54) is 0 Å². The van der Waals surface area contributed by atoms with Crippen molar-refractivity contribution in [1.29, 1.82) is 0 Å². The minimum absolute atomic E-state index is 0.278. The van der Waals surface area contributed by atoms with Crippen LogP contribution in [0.1, 0.15) is 21.7 Å². The number of aryl methyl sites for hydroxylation is 1. The third-order valence-corrected chi connectivity index (χ3v) is 4.25. The molecule has 5 heteroatoms. The van der Waals surface area contributed by atoms with Crippen LogP contribution in [-0.2, 0) is 6.54 Å². The Labute approximate surface area is 130 Å². The molecule has 1 heterocycles. The fourth-order valence-corrected chi connectivity index (χ4v) is 2.87. The minimum atomic E-state index is -0.936. The molecule has 4 nitrogen and oxygen atoms in total. The van der Waals surface area contributed by atoms with Gasteiger partial charge in [-0.05, 0) is 30.7 Å². The zero-order valence-corrected chi connectivity index (χ0v) is 13.0. The Morgan fingerprint density at radius 2 is 2.00 bits per heavy atom. The van der Waals surface area contributed by atoms with Gasteiger partial charge in [0.15, 0.2) is 0 Å². The largest absolute Gasteiger partial charge is 0.478 e. The number of hydrogen-bond acceptors (Lipinski definition) is 2. The first-order valence-corrected chi connectivity index (χ1v) is 7.30. The average Bonchev–Trinajstić information content (AvgIpc) is 2.77. The molecule has 0 saturated heterocycles. The summed E-state index contributed by atoms with van der Waals surface area (Å²) >= 11 is 3.53. The van der Waals surface area contributed by atoms with Crippen LogP contribution in [0.2, 0.25) is 0 Å². The lowest BCUT2D eigenvalue weighted by Gasteiger charge is -2.10. The highest BCUT2D eigenvalue weighted by atomic mass is 79.9. The number of carboxylic acids is 1. The van der Waals surface area contributed by atoms with Crippen molar-refractivity contribution in [3.8, 4) is 0 Å². The summed E-state index contributed by atoms with van der Waals surface area (Å²) in [6, 6.07) is 13.1. The van der Waals surface area contributed by atoms with E-state index < -0.39 is 5.97 Å². The van der Waals surface area contributed by atoms with E-state index in [9.17, 15) is 9.90 Å². The Hall–Kier alpha value is -2.14. The average molecular weight is 345 g/mol. The van der Waals surface area contributed by atoms with Crippen LogP contribution in [0, 0.1) is 6.92 Å². The van der Waals surface area contributed by atoms with Gasteiger partial charge in [0.2, 0.25) is 0 Å². The van der Waals surface area contributed by atoms with Crippen LogP contribution in [0.15, 0.2) is 46.9 Å². The van der Waals surface area contributed by atoms with Crippen molar-refractivity contribution < 1.29 is 9.90 Å². The normalized spacial score (nSPS) is 11.0. The summed E-state index contributed by atoms with van der Waals surface area (Å²) in [5.41, 5.74) is 2.73. The number of carbonyl (C=O) groups is 1. The first-order valence-electron chi connectivity index (χ1n) is 6.50. The molecule has 0 amide bonds. The summed E-state index contributed by atoms with van der Waals surface area (Å²) in [5, 5.41) is 9.39. The van der Waals surface area contributed by atoms with Crippen molar-refractivity contribution in [2.75, 3.05) is 0 Å². The first-order chi connectivity index (χ1) is 10.1. The molecule has 0 bridgehead atoms. The molecule has 0 unspecified atom stereocenters. The Kier molecular flexibility index (Phi) is 3.51. The highest BCUT2D eigenvalue weighted by molar-refractivity contribution is 9.10. The Balaban J connectivity index is 2.20. The molecule has 0 spiro atoms. The van der Waals surface area contributed by atoms with Gasteiger partial charge in [0.25, 0.3) is 0 Å². The highest BCUT2D eigenvalue weighted by Crippen LogP contribution is 2.24. The van der Waals surface area contributed by atoms with E-state index >= 15 is 0 Å². The van der Waals surface area contributed by atoms with E-state index in [-0.39, 0.29) is 5.56 Å². The van der Waals surface area contributed by atoms with Gasteiger partial charge in [-0.2, -0.15) is 0 Å². The van der Waals surface area contributed by atoms with Crippen molar-refractivity contribution in [2.45, 2.75) is 13.5 Å². The number of aromatic carboxylic acids is 1. The molecule has 0 radical (unpaired) electrons. The van der Waals surface area contributed by atoms with Crippen molar-refractivity contribution in [2.24, 2.45) is 0 Å². The molecule has 0 aliphatic carbocycles. The van der Waals surface area contributed by atoms with Gasteiger partial charge in [0.1, 0.15) is 5.82 Å². The summed E-state index contributed by atoms with van der Waals surface area (Å²) in [5.74, 6) is -0.136. The molecule has 3 rings (SSSR count). The predicted molar refractivity (Wildman–Crippen MR) is 84.7 cm³/mol. The fraction of sp³-hybridized carbons (Fsp3) is 0.125. The topological polar surface area (TPSA) is 55.1 Å². The number of fused-ring (bicyclic) bond motifs is 1. The molecule has 0 aliphatic rings. The van der Waals surface area contributed by atoms with E-state index in [0.717, 1.165) is 15.9 Å². The van der Waals surface area contributed by atoms with Crippen LogP contribution in [0.5, 0.6) is 0 Å². The van der Waals surface area contributed by atoms with Gasteiger partial charge in [-0.1, -0.05) is 40.2 Å². The van der Waals surface area contributed by atoms with Crippen LogP contribution < -0.4 is 0 Å². The number of hydrogen-bond donors (Lipinski definition) is 1. The molecular formula is C16H13BrN2O2.